The van der Waals surface area contributed by atoms with Crippen LogP contribution >= 0.6 is 0 Å². The molecule has 1 heterocycles. The second-order valence-electron chi connectivity index (χ2n) is 4.97. The van der Waals surface area contributed by atoms with E-state index in [-0.39, 0.29) is 0 Å². The minimum Gasteiger partial charge on any atom is -0.329 e. The van der Waals surface area contributed by atoms with Gasteiger partial charge >= 0.3 is 0 Å². The third kappa shape index (κ3) is 3.27. The Morgan fingerprint density at radius 2 is 2.24 bits per heavy atom. The molecule has 0 spiro atoms. The van der Waals surface area contributed by atoms with Crippen LogP contribution in [0, 0.1) is 12.8 Å². The van der Waals surface area contributed by atoms with Crippen molar-refractivity contribution in [3.05, 3.63) is 29.6 Å². The number of likely N-dealkylation sites (N-methyl/N-ethyl adjacent to an activating group) is 1. The van der Waals surface area contributed by atoms with Gasteiger partial charge in [0.25, 0.3) is 0 Å². The monoisotopic (exact) mass is 233 g/mol. The van der Waals surface area contributed by atoms with Crippen molar-refractivity contribution < 1.29 is 0 Å². The summed E-state index contributed by atoms with van der Waals surface area (Å²) in [5.74, 6) is 0.824. The van der Waals surface area contributed by atoms with Crippen molar-refractivity contribution in [3.8, 4) is 0 Å². The van der Waals surface area contributed by atoms with Gasteiger partial charge in [0.1, 0.15) is 0 Å². The number of rotatable bonds is 6. The Balaban J connectivity index is 2.03. The van der Waals surface area contributed by atoms with Crippen LogP contribution in [0.25, 0.3) is 0 Å². The van der Waals surface area contributed by atoms with Crippen LogP contribution in [-0.2, 0) is 6.54 Å². The van der Waals surface area contributed by atoms with E-state index in [1.54, 1.807) is 0 Å². The summed E-state index contributed by atoms with van der Waals surface area (Å²) in [4.78, 5) is 7.05. The minimum absolute atomic E-state index is 0.544. The maximum absolute atomic E-state index is 5.91. The summed E-state index contributed by atoms with van der Waals surface area (Å²) in [6.45, 7) is 7.00. The van der Waals surface area contributed by atoms with E-state index in [9.17, 15) is 0 Å². The van der Waals surface area contributed by atoms with Crippen LogP contribution in [-0.4, -0.2) is 29.0 Å². The molecule has 1 unspecified atom stereocenters. The topological polar surface area (TPSA) is 42.2 Å². The first kappa shape index (κ1) is 12.5. The van der Waals surface area contributed by atoms with Crippen LogP contribution in [0.1, 0.15) is 31.2 Å². The van der Waals surface area contributed by atoms with E-state index in [1.165, 1.54) is 12.8 Å². The van der Waals surface area contributed by atoms with Crippen LogP contribution in [0.2, 0.25) is 0 Å². The SMILES string of the molecule is CCN(Cc1cccc(C)n1)C(CN)C1CC1. The van der Waals surface area contributed by atoms with E-state index in [0.717, 1.165) is 36.9 Å². The van der Waals surface area contributed by atoms with Gasteiger partial charge in [0.15, 0.2) is 0 Å². The number of nitrogens with two attached hydrogens (primary N) is 1. The molecule has 0 radical (unpaired) electrons. The van der Waals surface area contributed by atoms with Gasteiger partial charge in [-0.1, -0.05) is 13.0 Å². The van der Waals surface area contributed by atoms with Gasteiger partial charge in [0.2, 0.25) is 0 Å². The summed E-state index contributed by atoms with van der Waals surface area (Å²) in [7, 11) is 0. The molecule has 17 heavy (non-hydrogen) atoms. The molecule has 0 amide bonds. The highest BCUT2D eigenvalue weighted by atomic mass is 15.2. The minimum atomic E-state index is 0.544. The van der Waals surface area contributed by atoms with Crippen molar-refractivity contribution in [1.82, 2.24) is 9.88 Å². The standard InChI is InChI=1S/C14H23N3/c1-3-17(14(9-15)12-7-8-12)10-13-6-4-5-11(2)16-13/h4-6,12,14H,3,7-10,15H2,1-2H3. The average molecular weight is 233 g/mol. The first-order chi connectivity index (χ1) is 8.24. The summed E-state index contributed by atoms with van der Waals surface area (Å²) in [5, 5.41) is 0. The molecule has 0 bridgehead atoms. The number of aromatic nitrogens is 1. The van der Waals surface area contributed by atoms with Gasteiger partial charge < -0.3 is 5.73 Å². The predicted octanol–water partition coefficient (Wildman–Crippen LogP) is 1.95. The molecule has 1 aliphatic rings. The Kier molecular flexibility index (Phi) is 4.13. The molecule has 3 nitrogen and oxygen atoms in total. The van der Waals surface area contributed by atoms with E-state index < -0.39 is 0 Å². The second-order valence-corrected chi connectivity index (χ2v) is 4.97. The molecule has 1 aliphatic carbocycles. The average Bonchev–Trinajstić information content (AvgIpc) is 3.13. The summed E-state index contributed by atoms with van der Waals surface area (Å²) in [6.07, 6.45) is 2.69. The van der Waals surface area contributed by atoms with Crippen molar-refractivity contribution in [2.24, 2.45) is 11.7 Å². The first-order valence-corrected chi connectivity index (χ1v) is 6.61. The largest absolute Gasteiger partial charge is 0.329 e. The van der Waals surface area contributed by atoms with Gasteiger partial charge in [-0.25, -0.2) is 0 Å². The van der Waals surface area contributed by atoms with Gasteiger partial charge in [-0.3, -0.25) is 9.88 Å². The number of hydrogen-bond acceptors (Lipinski definition) is 3. The van der Waals surface area contributed by atoms with E-state index in [1.807, 2.05) is 13.0 Å². The zero-order valence-corrected chi connectivity index (χ0v) is 10.9. The summed E-state index contributed by atoms with van der Waals surface area (Å²) in [5.41, 5.74) is 8.16. The maximum atomic E-state index is 5.91. The molecule has 0 saturated heterocycles. The van der Waals surface area contributed by atoms with Gasteiger partial charge in [0.05, 0.1) is 5.69 Å². The van der Waals surface area contributed by atoms with Crippen LogP contribution in [0.15, 0.2) is 18.2 Å². The first-order valence-electron chi connectivity index (χ1n) is 6.61. The molecular formula is C14H23N3. The number of hydrogen-bond donors (Lipinski definition) is 1. The van der Waals surface area contributed by atoms with E-state index in [2.05, 4.69) is 28.9 Å². The molecule has 0 aromatic carbocycles. The smallest absolute Gasteiger partial charge is 0.0547 e. The molecular weight excluding hydrogens is 210 g/mol. The number of nitrogens with zero attached hydrogens (tertiary/aromatic N) is 2. The van der Waals surface area contributed by atoms with Crippen molar-refractivity contribution in [2.75, 3.05) is 13.1 Å². The van der Waals surface area contributed by atoms with Crippen LogP contribution in [0.3, 0.4) is 0 Å². The summed E-state index contributed by atoms with van der Waals surface area (Å²) < 4.78 is 0. The maximum Gasteiger partial charge on any atom is 0.0547 e. The quantitative estimate of drug-likeness (QED) is 0.816. The summed E-state index contributed by atoms with van der Waals surface area (Å²) >= 11 is 0. The molecule has 0 aliphatic heterocycles. The molecule has 2 N–H and O–H groups in total. The molecule has 1 aromatic heterocycles. The fourth-order valence-electron chi connectivity index (χ4n) is 2.48. The second kappa shape index (κ2) is 5.61. The normalized spacial score (nSPS) is 17.4. The van der Waals surface area contributed by atoms with Gasteiger partial charge in [0, 0.05) is 24.8 Å². The van der Waals surface area contributed by atoms with Crippen molar-refractivity contribution in [2.45, 2.75) is 39.3 Å². The molecule has 2 rings (SSSR count). The Morgan fingerprint density at radius 1 is 1.47 bits per heavy atom. The third-order valence-electron chi connectivity index (χ3n) is 3.59. The van der Waals surface area contributed by atoms with Gasteiger partial charge in [-0.05, 0) is 44.4 Å². The van der Waals surface area contributed by atoms with E-state index in [4.69, 9.17) is 5.73 Å². The van der Waals surface area contributed by atoms with Crippen LogP contribution in [0.4, 0.5) is 0 Å². The highest BCUT2D eigenvalue weighted by Gasteiger charge is 2.33. The zero-order valence-electron chi connectivity index (χ0n) is 10.9. The summed E-state index contributed by atoms with van der Waals surface area (Å²) in [6, 6.07) is 6.78. The third-order valence-corrected chi connectivity index (χ3v) is 3.59. The lowest BCUT2D eigenvalue weighted by Gasteiger charge is -2.29. The molecule has 1 aromatic rings. The van der Waals surface area contributed by atoms with Crippen molar-refractivity contribution in [3.63, 3.8) is 0 Å². The lowest BCUT2D eigenvalue weighted by molar-refractivity contribution is 0.179. The number of aryl methyl sites for hydroxylation is 1. The Hall–Kier alpha value is -0.930. The van der Waals surface area contributed by atoms with Crippen molar-refractivity contribution in [1.29, 1.82) is 0 Å². The van der Waals surface area contributed by atoms with Crippen LogP contribution in [0.5, 0.6) is 0 Å². The predicted molar refractivity (Wildman–Crippen MR) is 70.6 cm³/mol. The molecule has 94 valence electrons. The molecule has 1 fully saturated rings. The fraction of sp³-hybridized carbons (Fsp3) is 0.643. The lowest BCUT2D eigenvalue weighted by atomic mass is 10.1. The highest BCUT2D eigenvalue weighted by Crippen LogP contribution is 2.35. The van der Waals surface area contributed by atoms with E-state index in [0.29, 0.717) is 6.04 Å². The van der Waals surface area contributed by atoms with E-state index >= 15 is 0 Å². The van der Waals surface area contributed by atoms with Gasteiger partial charge in [-0.2, -0.15) is 0 Å². The molecule has 1 saturated carbocycles. The fourth-order valence-corrected chi connectivity index (χ4v) is 2.48. The molecule has 1 atom stereocenters. The lowest BCUT2D eigenvalue weighted by Crippen LogP contribution is -2.41. The molecule has 3 heteroatoms. The Morgan fingerprint density at radius 3 is 2.76 bits per heavy atom. The Labute approximate surface area is 104 Å². The van der Waals surface area contributed by atoms with Gasteiger partial charge in [-0.15, -0.1) is 0 Å². The van der Waals surface area contributed by atoms with Crippen LogP contribution < -0.4 is 5.73 Å². The number of pyridine rings is 1. The highest BCUT2D eigenvalue weighted by molar-refractivity contribution is 5.10. The van der Waals surface area contributed by atoms with Crippen molar-refractivity contribution >= 4 is 0 Å². The Bertz CT molecular complexity index is 360. The zero-order chi connectivity index (χ0) is 12.3.